The fourth-order valence-corrected chi connectivity index (χ4v) is 3.56. The molecule has 2 N–H and O–H groups in total. The number of anilines is 1. The van der Waals surface area contributed by atoms with Gasteiger partial charge in [-0.15, -0.1) is 11.3 Å². The number of aryl methyl sites for hydroxylation is 1. The third-order valence-corrected chi connectivity index (χ3v) is 4.86. The average molecular weight is 348 g/mol. The number of hydrogen-bond acceptors (Lipinski definition) is 5. The van der Waals surface area contributed by atoms with Crippen molar-refractivity contribution in [3.05, 3.63) is 33.8 Å². The normalized spacial score (nSPS) is 17.9. The molecule has 1 atom stereocenters. The molecule has 0 aromatic carbocycles. The van der Waals surface area contributed by atoms with Gasteiger partial charge in [-0.25, -0.2) is 4.79 Å². The van der Waals surface area contributed by atoms with E-state index in [1.807, 2.05) is 31.4 Å². The van der Waals surface area contributed by atoms with Crippen LogP contribution in [-0.2, 0) is 4.79 Å². The Morgan fingerprint density at radius 3 is 3.00 bits per heavy atom. The topological polar surface area (TPSA) is 87.5 Å². The molecule has 2 aromatic rings. The number of piperazine rings is 1. The Bertz CT molecular complexity index is 739. The van der Waals surface area contributed by atoms with E-state index in [2.05, 4.69) is 15.8 Å². The fraction of sp³-hybridized carbons (Fsp3) is 0.438. The number of aromatic nitrogens is 1. The monoisotopic (exact) mass is 348 g/mol. The van der Waals surface area contributed by atoms with Crippen molar-refractivity contribution in [3.63, 3.8) is 0 Å². The van der Waals surface area contributed by atoms with Gasteiger partial charge < -0.3 is 20.1 Å². The van der Waals surface area contributed by atoms with Crippen LogP contribution in [0.4, 0.5) is 10.5 Å². The Labute approximate surface area is 144 Å². The molecule has 8 heteroatoms. The second kappa shape index (κ2) is 6.64. The predicted octanol–water partition coefficient (Wildman–Crippen LogP) is 2.87. The van der Waals surface area contributed by atoms with E-state index in [0.717, 1.165) is 4.88 Å². The van der Waals surface area contributed by atoms with Crippen LogP contribution in [0.5, 0.6) is 0 Å². The van der Waals surface area contributed by atoms with Crippen molar-refractivity contribution in [3.8, 4) is 0 Å². The van der Waals surface area contributed by atoms with Crippen LogP contribution in [0.2, 0.25) is 0 Å². The summed E-state index contributed by atoms with van der Waals surface area (Å²) in [7, 11) is 0. The Morgan fingerprint density at radius 1 is 1.54 bits per heavy atom. The lowest BCUT2D eigenvalue weighted by Crippen LogP contribution is -2.53. The molecule has 0 saturated carbocycles. The third-order valence-electron chi connectivity index (χ3n) is 3.93. The molecule has 1 aliphatic rings. The van der Waals surface area contributed by atoms with Crippen LogP contribution < -0.4 is 10.6 Å². The standard InChI is InChI=1S/C16H20N4O3S/c1-9(2)14-12(10(3)19-23-14)18-16(22)20-7-6-17-15(21)13(20)11-5-4-8-24-11/h4-5,8-9,13H,6-7H2,1-3H3,(H,17,21)(H,18,22). The third kappa shape index (κ3) is 3.01. The summed E-state index contributed by atoms with van der Waals surface area (Å²) >= 11 is 1.46. The highest BCUT2D eigenvalue weighted by Crippen LogP contribution is 2.30. The molecule has 3 rings (SSSR count). The van der Waals surface area contributed by atoms with Crippen molar-refractivity contribution >= 4 is 29.0 Å². The van der Waals surface area contributed by atoms with Crippen molar-refractivity contribution in [1.29, 1.82) is 0 Å². The lowest BCUT2D eigenvalue weighted by atomic mass is 10.1. The van der Waals surface area contributed by atoms with Crippen molar-refractivity contribution in [2.75, 3.05) is 18.4 Å². The van der Waals surface area contributed by atoms with E-state index in [0.29, 0.717) is 30.2 Å². The number of carbonyl (C=O) groups is 2. The number of nitrogens with one attached hydrogen (secondary N) is 2. The summed E-state index contributed by atoms with van der Waals surface area (Å²) in [5, 5.41) is 11.5. The smallest absolute Gasteiger partial charge is 0.323 e. The van der Waals surface area contributed by atoms with Gasteiger partial charge in [-0.3, -0.25) is 4.79 Å². The maximum Gasteiger partial charge on any atom is 0.323 e. The number of carbonyl (C=O) groups excluding carboxylic acids is 2. The molecule has 1 unspecified atom stereocenters. The average Bonchev–Trinajstić information content (AvgIpc) is 3.18. The second-order valence-electron chi connectivity index (χ2n) is 5.99. The van der Waals surface area contributed by atoms with Gasteiger partial charge in [-0.2, -0.15) is 0 Å². The van der Waals surface area contributed by atoms with Gasteiger partial charge in [-0.05, 0) is 18.4 Å². The fourth-order valence-electron chi connectivity index (χ4n) is 2.73. The first kappa shape index (κ1) is 16.5. The number of nitrogens with zero attached hydrogens (tertiary/aromatic N) is 2. The molecule has 0 spiro atoms. The Hall–Kier alpha value is -2.35. The number of urea groups is 1. The minimum Gasteiger partial charge on any atom is -0.359 e. The minimum atomic E-state index is -0.610. The molecule has 2 aromatic heterocycles. The molecule has 24 heavy (non-hydrogen) atoms. The molecule has 128 valence electrons. The van der Waals surface area contributed by atoms with Crippen LogP contribution in [0.25, 0.3) is 0 Å². The summed E-state index contributed by atoms with van der Waals surface area (Å²) in [4.78, 5) is 27.5. The van der Waals surface area contributed by atoms with Crippen LogP contribution in [0, 0.1) is 6.92 Å². The quantitative estimate of drug-likeness (QED) is 0.893. The maximum absolute atomic E-state index is 12.8. The summed E-state index contributed by atoms with van der Waals surface area (Å²) < 4.78 is 5.30. The molecular weight excluding hydrogens is 328 g/mol. The van der Waals surface area contributed by atoms with Crippen LogP contribution in [0.15, 0.2) is 22.0 Å². The molecule has 0 radical (unpaired) electrons. The van der Waals surface area contributed by atoms with Crippen molar-refractivity contribution < 1.29 is 14.1 Å². The van der Waals surface area contributed by atoms with E-state index in [4.69, 9.17) is 4.52 Å². The van der Waals surface area contributed by atoms with E-state index < -0.39 is 6.04 Å². The highest BCUT2D eigenvalue weighted by atomic mass is 32.1. The van der Waals surface area contributed by atoms with Gasteiger partial charge >= 0.3 is 6.03 Å². The van der Waals surface area contributed by atoms with Gasteiger partial charge in [0.25, 0.3) is 0 Å². The zero-order valence-corrected chi connectivity index (χ0v) is 14.6. The zero-order valence-electron chi connectivity index (χ0n) is 13.8. The molecule has 1 saturated heterocycles. The molecule has 3 amide bonds. The highest BCUT2D eigenvalue weighted by Gasteiger charge is 2.35. The van der Waals surface area contributed by atoms with E-state index in [1.54, 1.807) is 11.8 Å². The predicted molar refractivity (Wildman–Crippen MR) is 91.1 cm³/mol. The zero-order chi connectivity index (χ0) is 17.3. The van der Waals surface area contributed by atoms with Crippen LogP contribution >= 0.6 is 11.3 Å². The SMILES string of the molecule is Cc1noc(C(C)C)c1NC(=O)N1CCNC(=O)C1c1cccs1. The maximum atomic E-state index is 12.8. The molecule has 0 bridgehead atoms. The molecule has 0 aliphatic carbocycles. The summed E-state index contributed by atoms with van der Waals surface area (Å²) in [6, 6.07) is 2.81. The van der Waals surface area contributed by atoms with E-state index in [1.165, 1.54) is 11.3 Å². The van der Waals surface area contributed by atoms with Crippen LogP contribution in [0.3, 0.4) is 0 Å². The lowest BCUT2D eigenvalue weighted by molar-refractivity contribution is -0.127. The van der Waals surface area contributed by atoms with Gasteiger partial charge in [0.1, 0.15) is 17.4 Å². The molecular formula is C16H20N4O3S. The number of thiophene rings is 1. The molecule has 1 aliphatic heterocycles. The Balaban J connectivity index is 1.86. The van der Waals surface area contributed by atoms with Gasteiger partial charge in [0.05, 0.1) is 0 Å². The first-order chi connectivity index (χ1) is 11.5. The number of amides is 3. The summed E-state index contributed by atoms with van der Waals surface area (Å²) in [5.74, 6) is 0.569. The van der Waals surface area contributed by atoms with Crippen LogP contribution in [0.1, 0.15) is 42.1 Å². The van der Waals surface area contributed by atoms with Crippen molar-refractivity contribution in [1.82, 2.24) is 15.4 Å². The van der Waals surface area contributed by atoms with Gasteiger partial charge in [0.15, 0.2) is 5.76 Å². The summed E-state index contributed by atoms with van der Waals surface area (Å²) in [5.41, 5.74) is 1.21. The van der Waals surface area contributed by atoms with Gasteiger partial charge in [0, 0.05) is 23.9 Å². The van der Waals surface area contributed by atoms with Crippen LogP contribution in [-0.4, -0.2) is 35.1 Å². The highest BCUT2D eigenvalue weighted by molar-refractivity contribution is 7.10. The van der Waals surface area contributed by atoms with E-state index >= 15 is 0 Å². The Morgan fingerprint density at radius 2 is 2.33 bits per heavy atom. The second-order valence-corrected chi connectivity index (χ2v) is 6.97. The largest absolute Gasteiger partial charge is 0.359 e. The first-order valence-corrected chi connectivity index (χ1v) is 8.72. The number of hydrogen-bond donors (Lipinski definition) is 2. The molecule has 1 fully saturated rings. The van der Waals surface area contributed by atoms with Crippen molar-refractivity contribution in [2.45, 2.75) is 32.7 Å². The number of rotatable bonds is 3. The van der Waals surface area contributed by atoms with Gasteiger partial charge in [0.2, 0.25) is 5.91 Å². The summed E-state index contributed by atoms with van der Waals surface area (Å²) in [6.45, 7) is 6.61. The minimum absolute atomic E-state index is 0.0965. The molecule has 7 nitrogen and oxygen atoms in total. The molecule has 3 heterocycles. The van der Waals surface area contributed by atoms with E-state index in [-0.39, 0.29) is 17.9 Å². The first-order valence-electron chi connectivity index (χ1n) is 7.84. The van der Waals surface area contributed by atoms with E-state index in [9.17, 15) is 9.59 Å². The lowest BCUT2D eigenvalue weighted by Gasteiger charge is -2.34. The summed E-state index contributed by atoms with van der Waals surface area (Å²) in [6.07, 6.45) is 0. The van der Waals surface area contributed by atoms with Crippen molar-refractivity contribution in [2.24, 2.45) is 0 Å². The van der Waals surface area contributed by atoms with Gasteiger partial charge in [-0.1, -0.05) is 25.1 Å². The Kier molecular flexibility index (Phi) is 4.57.